The van der Waals surface area contributed by atoms with Gasteiger partial charge in [0.2, 0.25) is 0 Å². The Morgan fingerprint density at radius 1 is 1.42 bits per heavy atom. The van der Waals surface area contributed by atoms with Gasteiger partial charge in [-0.2, -0.15) is 0 Å². The van der Waals surface area contributed by atoms with Crippen molar-refractivity contribution >= 4 is 6.09 Å². The number of nitrogens with one attached hydrogen (secondary N) is 1. The van der Waals surface area contributed by atoms with E-state index in [-0.39, 0.29) is 13.2 Å². The molecule has 0 saturated heterocycles. The molecular weight excluding hydrogens is 247 g/mol. The number of nitrogens with zero attached hydrogens (tertiary/aromatic N) is 1. The molecule has 1 aromatic carbocycles. The quantitative estimate of drug-likeness (QED) is 0.824. The van der Waals surface area contributed by atoms with Crippen LogP contribution < -0.4 is 5.32 Å². The summed E-state index contributed by atoms with van der Waals surface area (Å²) in [5.74, 6) is 0. The number of benzene rings is 1. The summed E-state index contributed by atoms with van der Waals surface area (Å²) >= 11 is 0. The number of carbonyl (C=O) groups excluding carboxylic acids is 1. The van der Waals surface area contributed by atoms with Crippen LogP contribution in [-0.2, 0) is 11.3 Å². The predicted molar refractivity (Wildman–Crippen MR) is 72.7 cm³/mol. The van der Waals surface area contributed by atoms with E-state index in [9.17, 15) is 9.18 Å². The molecule has 1 aromatic rings. The van der Waals surface area contributed by atoms with Gasteiger partial charge in [0.25, 0.3) is 0 Å². The molecule has 5 heteroatoms. The first-order chi connectivity index (χ1) is 9.13. The highest BCUT2D eigenvalue weighted by atomic mass is 19.1. The van der Waals surface area contributed by atoms with Gasteiger partial charge in [0, 0.05) is 7.05 Å². The smallest absolute Gasteiger partial charge is 0.409 e. The number of alkyl halides is 1. The first kappa shape index (κ1) is 15.4. The van der Waals surface area contributed by atoms with E-state index in [1.807, 2.05) is 30.3 Å². The van der Waals surface area contributed by atoms with Crippen molar-refractivity contribution in [3.63, 3.8) is 0 Å². The molecule has 1 amide bonds. The maximum Gasteiger partial charge on any atom is 0.409 e. The van der Waals surface area contributed by atoms with Gasteiger partial charge in [-0.25, -0.2) is 9.18 Å². The van der Waals surface area contributed by atoms with Crippen molar-refractivity contribution in [1.29, 1.82) is 0 Å². The van der Waals surface area contributed by atoms with Gasteiger partial charge in [0.1, 0.15) is 12.8 Å². The minimum atomic E-state index is -1.04. The molecule has 0 saturated carbocycles. The van der Waals surface area contributed by atoms with Crippen molar-refractivity contribution in [3.05, 3.63) is 35.9 Å². The molecule has 0 bridgehead atoms. The van der Waals surface area contributed by atoms with Gasteiger partial charge in [-0.1, -0.05) is 30.3 Å². The van der Waals surface area contributed by atoms with Gasteiger partial charge in [0.05, 0.1) is 6.54 Å². The predicted octanol–water partition coefficient (Wildman–Crippen LogP) is 2.20. The lowest BCUT2D eigenvalue weighted by Crippen LogP contribution is -2.34. The number of amides is 1. The van der Waals surface area contributed by atoms with E-state index in [4.69, 9.17) is 4.74 Å². The van der Waals surface area contributed by atoms with Crippen molar-refractivity contribution < 1.29 is 13.9 Å². The Bertz CT molecular complexity index is 373. The van der Waals surface area contributed by atoms with Crippen LogP contribution in [0.2, 0.25) is 0 Å². The average molecular weight is 268 g/mol. The molecule has 19 heavy (non-hydrogen) atoms. The van der Waals surface area contributed by atoms with Gasteiger partial charge in [-0.15, -0.1) is 0 Å². The summed E-state index contributed by atoms with van der Waals surface area (Å²) in [7, 11) is 3.31. The molecule has 0 fully saturated rings. The zero-order valence-corrected chi connectivity index (χ0v) is 11.4. The lowest BCUT2D eigenvalue weighted by atomic mass is 10.2. The van der Waals surface area contributed by atoms with Crippen molar-refractivity contribution in [3.8, 4) is 0 Å². The molecule has 0 aliphatic carbocycles. The molecular formula is C14H21FN2O2. The fourth-order valence-electron chi connectivity index (χ4n) is 1.59. The van der Waals surface area contributed by atoms with E-state index >= 15 is 0 Å². The fourth-order valence-corrected chi connectivity index (χ4v) is 1.59. The van der Waals surface area contributed by atoms with Crippen LogP contribution >= 0.6 is 0 Å². The van der Waals surface area contributed by atoms with Crippen LogP contribution in [0, 0.1) is 0 Å². The maximum atomic E-state index is 13.5. The van der Waals surface area contributed by atoms with Crippen LogP contribution in [0.3, 0.4) is 0 Å². The monoisotopic (exact) mass is 268 g/mol. The SMILES string of the molecule is CNCCC(F)CN(C)C(=O)OCc1ccccc1. The number of rotatable bonds is 7. The Labute approximate surface area is 113 Å². The minimum Gasteiger partial charge on any atom is -0.445 e. The molecule has 1 unspecified atom stereocenters. The van der Waals surface area contributed by atoms with Crippen molar-refractivity contribution in [2.45, 2.75) is 19.2 Å². The van der Waals surface area contributed by atoms with Gasteiger partial charge in [0.15, 0.2) is 0 Å². The minimum absolute atomic E-state index is 0.0509. The highest BCUT2D eigenvalue weighted by molar-refractivity contribution is 5.67. The number of halogens is 1. The Morgan fingerprint density at radius 2 is 2.11 bits per heavy atom. The van der Waals surface area contributed by atoms with Crippen LogP contribution in [0.25, 0.3) is 0 Å². The summed E-state index contributed by atoms with van der Waals surface area (Å²) in [6.07, 6.45) is -1.16. The number of ether oxygens (including phenoxy) is 1. The van der Waals surface area contributed by atoms with Crippen molar-refractivity contribution in [1.82, 2.24) is 10.2 Å². The standard InChI is InChI=1S/C14H21FN2O2/c1-16-9-8-13(15)10-17(2)14(18)19-11-12-6-4-3-5-7-12/h3-7,13,16H,8-11H2,1-2H3. The summed E-state index contributed by atoms with van der Waals surface area (Å²) in [5.41, 5.74) is 0.913. The molecule has 1 atom stereocenters. The Morgan fingerprint density at radius 3 is 2.74 bits per heavy atom. The van der Waals surface area contributed by atoms with Gasteiger partial charge < -0.3 is 15.0 Å². The lowest BCUT2D eigenvalue weighted by molar-refractivity contribution is 0.0946. The molecule has 4 nitrogen and oxygen atoms in total. The van der Waals surface area contributed by atoms with E-state index in [0.717, 1.165) is 5.56 Å². The van der Waals surface area contributed by atoms with E-state index in [1.54, 1.807) is 14.1 Å². The second-order valence-electron chi connectivity index (χ2n) is 4.41. The molecule has 0 heterocycles. The average Bonchev–Trinajstić information content (AvgIpc) is 2.43. The number of carbonyl (C=O) groups is 1. The van der Waals surface area contributed by atoms with Crippen LogP contribution in [-0.4, -0.2) is 44.3 Å². The third-order valence-corrected chi connectivity index (χ3v) is 2.70. The molecule has 0 aliphatic rings. The Hall–Kier alpha value is -1.62. The molecule has 1 N–H and O–H groups in total. The normalized spacial score (nSPS) is 11.9. The Balaban J connectivity index is 2.28. The Kier molecular flexibility index (Phi) is 6.89. The fraction of sp³-hybridized carbons (Fsp3) is 0.500. The second-order valence-corrected chi connectivity index (χ2v) is 4.41. The van der Waals surface area contributed by atoms with Crippen LogP contribution in [0.15, 0.2) is 30.3 Å². The first-order valence-electron chi connectivity index (χ1n) is 6.34. The summed E-state index contributed by atoms with van der Waals surface area (Å²) in [5, 5.41) is 2.87. The van der Waals surface area contributed by atoms with Gasteiger partial charge >= 0.3 is 6.09 Å². The topological polar surface area (TPSA) is 41.6 Å². The third kappa shape index (κ3) is 6.20. The molecule has 0 aromatic heterocycles. The number of hydrogen-bond acceptors (Lipinski definition) is 3. The van der Waals surface area contributed by atoms with E-state index in [0.29, 0.717) is 13.0 Å². The van der Waals surface area contributed by atoms with Crippen molar-refractivity contribution in [2.75, 3.05) is 27.2 Å². The third-order valence-electron chi connectivity index (χ3n) is 2.70. The molecule has 0 radical (unpaired) electrons. The van der Waals surface area contributed by atoms with E-state index in [2.05, 4.69) is 5.32 Å². The maximum absolute atomic E-state index is 13.5. The summed E-state index contributed by atoms with van der Waals surface area (Å²) in [4.78, 5) is 12.9. The summed E-state index contributed by atoms with van der Waals surface area (Å²) in [6.45, 7) is 0.848. The highest BCUT2D eigenvalue weighted by Gasteiger charge is 2.15. The summed E-state index contributed by atoms with van der Waals surface area (Å²) < 4.78 is 18.6. The molecule has 0 aliphatic heterocycles. The van der Waals surface area contributed by atoms with Crippen LogP contribution in [0.1, 0.15) is 12.0 Å². The second kappa shape index (κ2) is 8.48. The summed E-state index contributed by atoms with van der Waals surface area (Å²) in [6, 6.07) is 9.40. The zero-order valence-electron chi connectivity index (χ0n) is 11.4. The van der Waals surface area contributed by atoms with Crippen molar-refractivity contribution in [2.24, 2.45) is 0 Å². The van der Waals surface area contributed by atoms with Crippen LogP contribution in [0.4, 0.5) is 9.18 Å². The zero-order chi connectivity index (χ0) is 14.1. The van der Waals surface area contributed by atoms with Gasteiger partial charge in [-0.3, -0.25) is 0 Å². The van der Waals surface area contributed by atoms with E-state index in [1.165, 1.54) is 4.90 Å². The highest BCUT2D eigenvalue weighted by Crippen LogP contribution is 2.05. The largest absolute Gasteiger partial charge is 0.445 e. The number of hydrogen-bond donors (Lipinski definition) is 1. The lowest BCUT2D eigenvalue weighted by Gasteiger charge is -2.19. The molecule has 0 spiro atoms. The molecule has 1 rings (SSSR count). The first-order valence-corrected chi connectivity index (χ1v) is 6.34. The molecule has 106 valence electrons. The van der Waals surface area contributed by atoms with Crippen LogP contribution in [0.5, 0.6) is 0 Å². The van der Waals surface area contributed by atoms with E-state index < -0.39 is 12.3 Å². The van der Waals surface area contributed by atoms with Gasteiger partial charge in [-0.05, 0) is 25.6 Å².